The monoisotopic (exact) mass is 286 g/mol. The van der Waals surface area contributed by atoms with Gasteiger partial charge in [0.1, 0.15) is 0 Å². The molecule has 0 amide bonds. The van der Waals surface area contributed by atoms with E-state index in [0.29, 0.717) is 5.92 Å². The van der Waals surface area contributed by atoms with Crippen molar-refractivity contribution in [3.63, 3.8) is 0 Å². The Hall–Kier alpha value is -1.71. The van der Waals surface area contributed by atoms with Gasteiger partial charge in [-0.1, -0.05) is 18.2 Å². The van der Waals surface area contributed by atoms with E-state index in [0.717, 1.165) is 38.1 Å². The summed E-state index contributed by atoms with van der Waals surface area (Å²) in [5.41, 5.74) is 1.34. The topological polar surface area (TPSA) is 39.7 Å². The van der Waals surface area contributed by atoms with E-state index in [1.807, 2.05) is 7.05 Å². The van der Waals surface area contributed by atoms with Crippen LogP contribution in [0.5, 0.6) is 0 Å². The van der Waals surface area contributed by atoms with E-state index < -0.39 is 0 Å². The molecule has 1 aromatic rings. The van der Waals surface area contributed by atoms with E-state index in [4.69, 9.17) is 0 Å². The van der Waals surface area contributed by atoms with Gasteiger partial charge in [0, 0.05) is 38.9 Å². The maximum atomic E-state index is 4.31. The number of anilines is 1. The molecule has 0 spiro atoms. The van der Waals surface area contributed by atoms with Crippen LogP contribution >= 0.6 is 0 Å². The Morgan fingerprint density at radius 1 is 1.10 bits per heavy atom. The van der Waals surface area contributed by atoms with Gasteiger partial charge >= 0.3 is 0 Å². The predicted octanol–water partition coefficient (Wildman–Crippen LogP) is 2.09. The summed E-state index contributed by atoms with van der Waals surface area (Å²) < 4.78 is 0. The number of nitrogens with one attached hydrogen (secondary N) is 2. The minimum absolute atomic E-state index is 0.699. The minimum Gasteiger partial charge on any atom is -0.371 e. The molecule has 2 aliphatic rings. The highest BCUT2D eigenvalue weighted by Crippen LogP contribution is 2.27. The van der Waals surface area contributed by atoms with Gasteiger partial charge in [0.15, 0.2) is 5.96 Å². The molecule has 1 saturated carbocycles. The molecule has 0 aromatic heterocycles. The van der Waals surface area contributed by atoms with Crippen molar-refractivity contribution >= 4 is 11.6 Å². The van der Waals surface area contributed by atoms with E-state index in [1.54, 1.807) is 0 Å². The van der Waals surface area contributed by atoms with Gasteiger partial charge in [0.05, 0.1) is 0 Å². The van der Waals surface area contributed by atoms with Crippen molar-refractivity contribution in [3.8, 4) is 0 Å². The Balaban J connectivity index is 1.41. The molecule has 114 valence electrons. The number of nitrogens with zero attached hydrogens (tertiary/aromatic N) is 2. The third-order valence-corrected chi connectivity index (χ3v) is 4.44. The summed E-state index contributed by atoms with van der Waals surface area (Å²) in [4.78, 5) is 6.79. The van der Waals surface area contributed by atoms with Crippen molar-refractivity contribution < 1.29 is 0 Å². The van der Waals surface area contributed by atoms with Crippen molar-refractivity contribution in [3.05, 3.63) is 30.3 Å². The normalized spacial score (nSPS) is 22.4. The predicted molar refractivity (Wildman–Crippen MR) is 88.9 cm³/mol. The summed E-state index contributed by atoms with van der Waals surface area (Å²) in [5, 5.41) is 6.90. The number of para-hydroxylation sites is 1. The second-order valence-corrected chi connectivity index (χ2v) is 6.21. The molecule has 0 radical (unpaired) electrons. The molecule has 2 N–H and O–H groups in total. The van der Waals surface area contributed by atoms with E-state index in [1.165, 1.54) is 24.9 Å². The number of hydrogen-bond donors (Lipinski definition) is 2. The maximum Gasteiger partial charge on any atom is 0.190 e. The molecular weight excluding hydrogens is 260 g/mol. The lowest BCUT2D eigenvalue weighted by atomic mass is 10.1. The fraction of sp³-hybridized carbons (Fsp3) is 0.588. The highest BCUT2D eigenvalue weighted by Gasteiger charge is 2.23. The van der Waals surface area contributed by atoms with Crippen LogP contribution in [0.15, 0.2) is 35.3 Å². The van der Waals surface area contributed by atoms with Gasteiger partial charge < -0.3 is 15.5 Å². The number of aliphatic imine (C=N–C) groups is 1. The Morgan fingerprint density at radius 3 is 2.48 bits per heavy atom. The average molecular weight is 286 g/mol. The fourth-order valence-electron chi connectivity index (χ4n) is 2.90. The number of guanidine groups is 1. The Labute approximate surface area is 127 Å². The molecule has 1 saturated heterocycles. The van der Waals surface area contributed by atoms with Crippen LogP contribution < -0.4 is 15.5 Å². The quantitative estimate of drug-likeness (QED) is 0.643. The molecule has 21 heavy (non-hydrogen) atoms. The maximum absolute atomic E-state index is 4.31. The van der Waals surface area contributed by atoms with Gasteiger partial charge in [0.25, 0.3) is 0 Å². The van der Waals surface area contributed by atoms with Crippen LogP contribution in [0.1, 0.15) is 19.3 Å². The first-order valence-corrected chi connectivity index (χ1v) is 8.09. The summed E-state index contributed by atoms with van der Waals surface area (Å²) >= 11 is 0. The SMILES string of the molecule is CN=C(NCC1CC1)NCC1CCN(c2ccccc2)C1. The first-order valence-electron chi connectivity index (χ1n) is 8.09. The second kappa shape index (κ2) is 6.83. The number of benzene rings is 1. The lowest BCUT2D eigenvalue weighted by Gasteiger charge is -2.19. The molecule has 4 heteroatoms. The Kier molecular flexibility index (Phi) is 4.63. The summed E-state index contributed by atoms with van der Waals surface area (Å²) in [6.45, 7) is 4.37. The average Bonchev–Trinajstić information content (AvgIpc) is 3.24. The van der Waals surface area contributed by atoms with Gasteiger partial charge in [-0.05, 0) is 43.2 Å². The van der Waals surface area contributed by atoms with Crippen molar-refractivity contribution in [1.29, 1.82) is 0 Å². The van der Waals surface area contributed by atoms with Crippen molar-refractivity contribution in [1.82, 2.24) is 10.6 Å². The molecule has 1 aliphatic carbocycles. The Morgan fingerprint density at radius 2 is 1.81 bits per heavy atom. The summed E-state index contributed by atoms with van der Waals surface area (Å²) in [6, 6.07) is 10.7. The standard InChI is InChI=1S/C17H26N4/c1-18-17(19-11-14-7-8-14)20-12-15-9-10-21(13-15)16-5-3-2-4-6-16/h2-6,14-15H,7-13H2,1H3,(H2,18,19,20). The molecule has 2 fully saturated rings. The molecule has 4 nitrogen and oxygen atoms in total. The van der Waals surface area contributed by atoms with Gasteiger partial charge in [-0.15, -0.1) is 0 Å². The molecule has 1 unspecified atom stereocenters. The molecule has 3 rings (SSSR count). The van der Waals surface area contributed by atoms with Crippen LogP contribution in [0, 0.1) is 11.8 Å². The zero-order valence-corrected chi connectivity index (χ0v) is 12.9. The number of rotatable bonds is 5. The van der Waals surface area contributed by atoms with Crippen LogP contribution in [-0.4, -0.2) is 39.2 Å². The highest BCUT2D eigenvalue weighted by molar-refractivity contribution is 5.79. The van der Waals surface area contributed by atoms with Gasteiger partial charge in [-0.2, -0.15) is 0 Å². The minimum atomic E-state index is 0.699. The largest absolute Gasteiger partial charge is 0.371 e. The van der Waals surface area contributed by atoms with E-state index in [-0.39, 0.29) is 0 Å². The third kappa shape index (κ3) is 4.13. The molecular formula is C17H26N4. The molecule has 1 atom stereocenters. The van der Waals surface area contributed by atoms with Gasteiger partial charge in [-0.25, -0.2) is 0 Å². The van der Waals surface area contributed by atoms with Crippen LogP contribution in [0.4, 0.5) is 5.69 Å². The molecule has 1 aliphatic heterocycles. The summed E-state index contributed by atoms with van der Waals surface area (Å²) in [5.74, 6) is 2.54. The van der Waals surface area contributed by atoms with Crippen LogP contribution in [0.3, 0.4) is 0 Å². The lowest BCUT2D eigenvalue weighted by Crippen LogP contribution is -2.41. The van der Waals surface area contributed by atoms with Gasteiger partial charge in [-0.3, -0.25) is 4.99 Å². The summed E-state index contributed by atoms with van der Waals surface area (Å²) in [7, 11) is 1.85. The summed E-state index contributed by atoms with van der Waals surface area (Å²) in [6.07, 6.45) is 4.00. The highest BCUT2D eigenvalue weighted by atomic mass is 15.2. The zero-order valence-electron chi connectivity index (χ0n) is 12.9. The molecule has 0 bridgehead atoms. The smallest absolute Gasteiger partial charge is 0.190 e. The van der Waals surface area contributed by atoms with Crippen LogP contribution in [0.25, 0.3) is 0 Å². The van der Waals surface area contributed by atoms with Crippen molar-refractivity contribution in [2.45, 2.75) is 19.3 Å². The second-order valence-electron chi connectivity index (χ2n) is 6.21. The zero-order chi connectivity index (χ0) is 14.5. The van der Waals surface area contributed by atoms with E-state index in [2.05, 4.69) is 50.9 Å². The first kappa shape index (κ1) is 14.2. The van der Waals surface area contributed by atoms with Gasteiger partial charge in [0.2, 0.25) is 0 Å². The first-order chi connectivity index (χ1) is 10.3. The van der Waals surface area contributed by atoms with Crippen molar-refractivity contribution in [2.24, 2.45) is 16.8 Å². The molecule has 1 heterocycles. The molecule has 1 aromatic carbocycles. The Bertz CT molecular complexity index is 467. The van der Waals surface area contributed by atoms with Crippen LogP contribution in [0.2, 0.25) is 0 Å². The van der Waals surface area contributed by atoms with E-state index in [9.17, 15) is 0 Å². The third-order valence-electron chi connectivity index (χ3n) is 4.44. The number of hydrogen-bond acceptors (Lipinski definition) is 2. The van der Waals surface area contributed by atoms with E-state index >= 15 is 0 Å². The fourth-order valence-corrected chi connectivity index (χ4v) is 2.90. The van der Waals surface area contributed by atoms with Crippen LogP contribution in [-0.2, 0) is 0 Å². The lowest BCUT2D eigenvalue weighted by molar-refractivity contribution is 0.564. The van der Waals surface area contributed by atoms with Crippen molar-refractivity contribution in [2.75, 3.05) is 38.1 Å².